The molecule has 2 aromatic heterocycles. The molecule has 0 atom stereocenters. The summed E-state index contributed by atoms with van der Waals surface area (Å²) in [5.74, 6) is -0.316. The summed E-state index contributed by atoms with van der Waals surface area (Å²) < 4.78 is 0. The minimum atomic E-state index is -0.965. The summed E-state index contributed by atoms with van der Waals surface area (Å²) in [7, 11) is 0. The average molecular weight is 247 g/mol. The van der Waals surface area contributed by atoms with E-state index in [-0.39, 0.29) is 5.56 Å². The molecule has 0 spiro atoms. The Morgan fingerprint density at radius 1 is 1.29 bits per heavy atom. The minimum Gasteiger partial charge on any atom is -0.478 e. The highest BCUT2D eigenvalue weighted by atomic mass is 32.2. The molecule has 0 radical (unpaired) electrons. The molecule has 86 valence electrons. The van der Waals surface area contributed by atoms with Crippen LogP contribution in [0.4, 0.5) is 0 Å². The predicted octanol–water partition coefficient (Wildman–Crippen LogP) is 1.86. The Morgan fingerprint density at radius 2 is 2.18 bits per heavy atom. The molecule has 0 saturated carbocycles. The highest BCUT2D eigenvalue weighted by molar-refractivity contribution is 7.98. The molecule has 17 heavy (non-hydrogen) atoms. The van der Waals surface area contributed by atoms with Crippen LogP contribution in [0.25, 0.3) is 0 Å². The molecule has 0 fully saturated rings. The van der Waals surface area contributed by atoms with Gasteiger partial charge in [0.1, 0.15) is 6.33 Å². The number of nitrogens with zero attached hydrogens (tertiary/aromatic N) is 3. The van der Waals surface area contributed by atoms with Crippen molar-refractivity contribution in [3.05, 3.63) is 48.2 Å². The van der Waals surface area contributed by atoms with E-state index < -0.39 is 5.97 Å². The molecule has 0 aliphatic rings. The van der Waals surface area contributed by atoms with Crippen molar-refractivity contribution in [3.63, 3.8) is 0 Å². The number of thioether (sulfide) groups is 1. The van der Waals surface area contributed by atoms with Gasteiger partial charge in [-0.05, 0) is 18.2 Å². The lowest BCUT2D eigenvalue weighted by atomic mass is 10.2. The Hall–Kier alpha value is -1.95. The van der Waals surface area contributed by atoms with Gasteiger partial charge in [-0.3, -0.25) is 4.98 Å². The first-order valence-corrected chi connectivity index (χ1v) is 5.81. The van der Waals surface area contributed by atoms with Crippen molar-refractivity contribution >= 4 is 17.7 Å². The quantitative estimate of drug-likeness (QED) is 0.656. The van der Waals surface area contributed by atoms with Crippen LogP contribution >= 0.6 is 11.8 Å². The van der Waals surface area contributed by atoms with Gasteiger partial charge in [-0.15, -0.1) is 0 Å². The second-order valence-electron chi connectivity index (χ2n) is 3.18. The first-order valence-electron chi connectivity index (χ1n) is 4.83. The number of rotatable bonds is 4. The second kappa shape index (κ2) is 5.40. The smallest absolute Gasteiger partial charge is 0.337 e. The van der Waals surface area contributed by atoms with Crippen LogP contribution < -0.4 is 0 Å². The lowest BCUT2D eigenvalue weighted by molar-refractivity contribution is 0.0696. The first kappa shape index (κ1) is 11.5. The van der Waals surface area contributed by atoms with Crippen molar-refractivity contribution < 1.29 is 9.90 Å². The molecule has 0 unspecified atom stereocenters. The zero-order valence-electron chi connectivity index (χ0n) is 8.78. The molecule has 2 rings (SSSR count). The number of hydrogen-bond acceptors (Lipinski definition) is 5. The summed E-state index contributed by atoms with van der Waals surface area (Å²) in [4.78, 5) is 22.6. The standard InChI is InChI=1S/C11H9N3O2S/c15-11(16)8-1-2-9(13-5-8)6-17-10-3-4-12-7-14-10/h1-5,7H,6H2,(H,15,16). The molecular weight excluding hydrogens is 238 g/mol. The fourth-order valence-electron chi connectivity index (χ4n) is 1.15. The zero-order chi connectivity index (χ0) is 12.1. The summed E-state index contributed by atoms with van der Waals surface area (Å²) >= 11 is 1.53. The summed E-state index contributed by atoms with van der Waals surface area (Å²) in [5, 5.41) is 9.59. The second-order valence-corrected chi connectivity index (χ2v) is 4.18. The van der Waals surface area contributed by atoms with E-state index in [1.54, 1.807) is 18.3 Å². The van der Waals surface area contributed by atoms with Gasteiger partial charge in [0.2, 0.25) is 0 Å². The van der Waals surface area contributed by atoms with Gasteiger partial charge in [0.05, 0.1) is 16.3 Å². The van der Waals surface area contributed by atoms with Crippen LogP contribution in [0.5, 0.6) is 0 Å². The van der Waals surface area contributed by atoms with Crippen molar-refractivity contribution in [3.8, 4) is 0 Å². The molecule has 2 heterocycles. The van der Waals surface area contributed by atoms with Crippen LogP contribution in [0.15, 0.2) is 41.9 Å². The number of pyridine rings is 1. The molecule has 0 amide bonds. The van der Waals surface area contributed by atoms with E-state index in [9.17, 15) is 4.79 Å². The molecule has 0 aliphatic heterocycles. The van der Waals surface area contributed by atoms with Gasteiger partial charge < -0.3 is 5.11 Å². The Morgan fingerprint density at radius 3 is 2.76 bits per heavy atom. The topological polar surface area (TPSA) is 76.0 Å². The van der Waals surface area contributed by atoms with Gasteiger partial charge in [-0.2, -0.15) is 0 Å². The van der Waals surface area contributed by atoms with E-state index in [1.807, 2.05) is 6.07 Å². The van der Waals surface area contributed by atoms with Gasteiger partial charge in [0.15, 0.2) is 0 Å². The summed E-state index contributed by atoms with van der Waals surface area (Å²) in [6.07, 6.45) is 4.53. The van der Waals surface area contributed by atoms with Gasteiger partial charge in [0, 0.05) is 18.1 Å². The number of carbonyl (C=O) groups is 1. The maximum atomic E-state index is 10.6. The first-order chi connectivity index (χ1) is 8.25. The highest BCUT2D eigenvalue weighted by Gasteiger charge is 2.03. The number of carboxylic acid groups (broad SMARTS) is 1. The molecule has 1 N–H and O–H groups in total. The van der Waals surface area contributed by atoms with Gasteiger partial charge in [-0.1, -0.05) is 11.8 Å². The molecule has 0 aliphatic carbocycles. The molecule has 0 aromatic carbocycles. The zero-order valence-corrected chi connectivity index (χ0v) is 9.59. The third kappa shape index (κ3) is 3.25. The van der Waals surface area contributed by atoms with Crippen LogP contribution in [0.2, 0.25) is 0 Å². The Balaban J connectivity index is 1.98. The fraction of sp³-hybridized carbons (Fsp3) is 0.0909. The number of aromatic carboxylic acids is 1. The molecule has 6 heteroatoms. The van der Waals surface area contributed by atoms with Crippen LogP contribution in [-0.4, -0.2) is 26.0 Å². The SMILES string of the molecule is O=C(O)c1ccc(CSc2ccncn2)nc1. The monoisotopic (exact) mass is 247 g/mol. The van der Waals surface area contributed by atoms with E-state index in [0.717, 1.165) is 10.7 Å². The maximum absolute atomic E-state index is 10.6. The van der Waals surface area contributed by atoms with Gasteiger partial charge in [0.25, 0.3) is 0 Å². The van der Waals surface area contributed by atoms with Crippen molar-refractivity contribution in [1.82, 2.24) is 15.0 Å². The van der Waals surface area contributed by atoms with Crippen LogP contribution in [0, 0.1) is 0 Å². The number of hydrogen-bond donors (Lipinski definition) is 1. The van der Waals surface area contributed by atoms with Crippen LogP contribution in [-0.2, 0) is 5.75 Å². The fourth-order valence-corrected chi connectivity index (χ4v) is 1.89. The third-order valence-electron chi connectivity index (χ3n) is 1.99. The van der Waals surface area contributed by atoms with Crippen molar-refractivity contribution in [2.75, 3.05) is 0 Å². The van der Waals surface area contributed by atoms with E-state index >= 15 is 0 Å². The summed E-state index contributed by atoms with van der Waals surface area (Å²) in [6.45, 7) is 0. The average Bonchev–Trinajstić information content (AvgIpc) is 2.38. The molecule has 2 aromatic rings. The normalized spacial score (nSPS) is 10.1. The Kier molecular flexibility index (Phi) is 3.66. The predicted molar refractivity (Wildman–Crippen MR) is 62.8 cm³/mol. The minimum absolute atomic E-state index is 0.195. The van der Waals surface area contributed by atoms with E-state index in [1.165, 1.54) is 24.3 Å². The largest absolute Gasteiger partial charge is 0.478 e. The van der Waals surface area contributed by atoms with E-state index in [4.69, 9.17) is 5.11 Å². The van der Waals surface area contributed by atoms with E-state index in [2.05, 4.69) is 15.0 Å². The lowest BCUT2D eigenvalue weighted by Crippen LogP contribution is -1.98. The molecule has 5 nitrogen and oxygen atoms in total. The Bertz CT molecular complexity index is 502. The summed E-state index contributed by atoms with van der Waals surface area (Å²) in [5.41, 5.74) is 1.01. The summed E-state index contributed by atoms with van der Waals surface area (Å²) in [6, 6.07) is 5.07. The van der Waals surface area contributed by atoms with Gasteiger partial charge in [-0.25, -0.2) is 14.8 Å². The highest BCUT2D eigenvalue weighted by Crippen LogP contribution is 2.18. The van der Waals surface area contributed by atoms with Crippen molar-refractivity contribution in [1.29, 1.82) is 0 Å². The van der Waals surface area contributed by atoms with E-state index in [0.29, 0.717) is 5.75 Å². The van der Waals surface area contributed by atoms with Crippen LogP contribution in [0.3, 0.4) is 0 Å². The van der Waals surface area contributed by atoms with Crippen molar-refractivity contribution in [2.45, 2.75) is 10.8 Å². The molecule has 0 saturated heterocycles. The van der Waals surface area contributed by atoms with Gasteiger partial charge >= 0.3 is 5.97 Å². The third-order valence-corrected chi connectivity index (χ3v) is 2.97. The van der Waals surface area contributed by atoms with Crippen LogP contribution in [0.1, 0.15) is 16.1 Å². The number of aromatic nitrogens is 3. The molecular formula is C11H9N3O2S. The molecule has 0 bridgehead atoms. The maximum Gasteiger partial charge on any atom is 0.337 e. The Labute approximate surface area is 102 Å². The van der Waals surface area contributed by atoms with Crippen molar-refractivity contribution in [2.24, 2.45) is 0 Å². The lowest BCUT2D eigenvalue weighted by Gasteiger charge is -2.00. The number of carboxylic acids is 1.